The van der Waals surface area contributed by atoms with Gasteiger partial charge in [-0.05, 0) is 55.5 Å². The molecule has 0 amide bonds. The average Bonchev–Trinajstić information content (AvgIpc) is 2.69. The molecule has 6 heteroatoms. The van der Waals surface area contributed by atoms with Gasteiger partial charge in [0, 0.05) is 17.5 Å². The third-order valence-corrected chi connectivity index (χ3v) is 4.55. The molecule has 0 aromatic heterocycles. The zero-order chi connectivity index (χ0) is 20.0. The predicted molar refractivity (Wildman–Crippen MR) is 109 cm³/mol. The summed E-state index contributed by atoms with van der Waals surface area (Å²) in [7, 11) is -2.53. The molecule has 2 aromatic carbocycles. The molecule has 28 heavy (non-hydrogen) atoms. The number of nitrogens with one attached hydrogen (secondary N) is 1. The fourth-order valence-corrected chi connectivity index (χ4v) is 2.97. The zero-order valence-corrected chi connectivity index (χ0v) is 16.8. The van der Waals surface area contributed by atoms with Gasteiger partial charge in [0.25, 0.3) is 0 Å². The van der Waals surface area contributed by atoms with Crippen molar-refractivity contribution in [2.24, 2.45) is 0 Å². The van der Waals surface area contributed by atoms with E-state index in [2.05, 4.69) is 33.8 Å². The highest BCUT2D eigenvalue weighted by Crippen LogP contribution is 2.14. The lowest BCUT2D eigenvalue weighted by molar-refractivity contribution is 0.276. The van der Waals surface area contributed by atoms with E-state index in [9.17, 15) is 8.96 Å². The minimum absolute atomic E-state index is 0.215. The van der Waals surface area contributed by atoms with Gasteiger partial charge in [-0.1, -0.05) is 48.2 Å². The normalized spacial score (nSPS) is 11.0. The second-order valence-corrected chi connectivity index (χ2v) is 7.14. The van der Waals surface area contributed by atoms with Crippen LogP contribution >= 0.6 is 8.25 Å². The van der Waals surface area contributed by atoms with Gasteiger partial charge >= 0.3 is 8.25 Å². The molecule has 0 aliphatic heterocycles. The Balaban J connectivity index is 1.66. The molecule has 0 aliphatic rings. The Morgan fingerprint density at radius 3 is 2.64 bits per heavy atom. The van der Waals surface area contributed by atoms with Crippen molar-refractivity contribution >= 4 is 8.25 Å². The van der Waals surface area contributed by atoms with Crippen molar-refractivity contribution in [1.29, 1.82) is 0 Å². The lowest BCUT2D eigenvalue weighted by atomic mass is 10.1. The van der Waals surface area contributed by atoms with Crippen molar-refractivity contribution in [1.82, 2.24) is 5.32 Å². The van der Waals surface area contributed by atoms with Crippen LogP contribution in [0.3, 0.4) is 0 Å². The topological polar surface area (TPSA) is 58.6 Å². The van der Waals surface area contributed by atoms with Gasteiger partial charge in [0.1, 0.15) is 12.4 Å². The highest BCUT2D eigenvalue weighted by atomic mass is 31.1. The molecule has 0 saturated carbocycles. The molecular weight excluding hydrogens is 376 g/mol. The van der Waals surface area contributed by atoms with Gasteiger partial charge in [-0.15, -0.1) is 9.42 Å². The van der Waals surface area contributed by atoms with E-state index in [4.69, 9.17) is 4.89 Å². The van der Waals surface area contributed by atoms with E-state index in [1.165, 1.54) is 11.6 Å². The minimum Gasteiger partial charge on any atom is -0.313 e. The quantitative estimate of drug-likeness (QED) is 0.324. The molecule has 0 heterocycles. The first-order chi connectivity index (χ1) is 13.6. The summed E-state index contributed by atoms with van der Waals surface area (Å²) >= 11 is 0. The second-order valence-electron chi connectivity index (χ2n) is 6.41. The van der Waals surface area contributed by atoms with Gasteiger partial charge in [-0.25, -0.2) is 4.39 Å². The largest absolute Gasteiger partial charge is 0.694 e. The third kappa shape index (κ3) is 9.21. The van der Waals surface area contributed by atoms with E-state index >= 15 is 0 Å². The summed E-state index contributed by atoms with van der Waals surface area (Å²) < 4.78 is 29.1. The van der Waals surface area contributed by atoms with Gasteiger partial charge in [0.2, 0.25) is 0 Å². The molecule has 0 bridgehead atoms. The Hall–Kier alpha value is -2.09. The van der Waals surface area contributed by atoms with Crippen molar-refractivity contribution < 1.29 is 18.4 Å². The number of halogens is 1. The van der Waals surface area contributed by atoms with Crippen LogP contribution < -0.4 is 5.32 Å². The summed E-state index contributed by atoms with van der Waals surface area (Å²) in [5.74, 6) is 5.67. The van der Waals surface area contributed by atoms with Crippen molar-refractivity contribution in [2.45, 2.75) is 38.6 Å². The molecule has 1 unspecified atom stereocenters. The maximum Gasteiger partial charge on any atom is 0.694 e. The standard InChI is InChI=1S/C22H25FNO3P/c23-22-17-20(18-24-15-8-16-27-28(25)26)13-14-21(22)12-7-2-1-4-9-19-10-5-3-6-11-19/h3,5-6,10-11,13-14,17,24H,1-2,4,8-9,15-16,18H2/p+1. The molecule has 2 aromatic rings. The molecule has 0 radical (unpaired) electrons. The second kappa shape index (κ2) is 13.1. The van der Waals surface area contributed by atoms with Crippen LogP contribution in [-0.2, 0) is 22.1 Å². The van der Waals surface area contributed by atoms with E-state index in [0.29, 0.717) is 25.1 Å². The molecule has 2 rings (SSSR count). The van der Waals surface area contributed by atoms with E-state index in [-0.39, 0.29) is 12.4 Å². The minimum atomic E-state index is -2.53. The van der Waals surface area contributed by atoms with Crippen LogP contribution in [0.25, 0.3) is 0 Å². The van der Waals surface area contributed by atoms with E-state index in [1.807, 2.05) is 24.3 Å². The first-order valence-electron chi connectivity index (χ1n) is 9.46. The molecule has 1 atom stereocenters. The van der Waals surface area contributed by atoms with Gasteiger partial charge in [0.15, 0.2) is 0 Å². The summed E-state index contributed by atoms with van der Waals surface area (Å²) in [6, 6.07) is 15.4. The smallest absolute Gasteiger partial charge is 0.313 e. The average molecular weight is 402 g/mol. The summed E-state index contributed by atoms with van der Waals surface area (Å²) in [6.07, 6.45) is 4.49. The van der Waals surface area contributed by atoms with Gasteiger partial charge in [0.05, 0.1) is 5.56 Å². The van der Waals surface area contributed by atoms with Crippen LogP contribution in [-0.4, -0.2) is 18.0 Å². The van der Waals surface area contributed by atoms with Crippen LogP contribution in [0.1, 0.15) is 42.4 Å². The summed E-state index contributed by atoms with van der Waals surface area (Å²) in [5.41, 5.74) is 2.59. The first kappa shape index (κ1) is 22.2. The lowest BCUT2D eigenvalue weighted by Crippen LogP contribution is -2.16. The highest BCUT2D eigenvalue weighted by Gasteiger charge is 2.10. The van der Waals surface area contributed by atoms with Crippen LogP contribution in [0.15, 0.2) is 48.5 Å². The molecule has 0 spiro atoms. The first-order valence-corrected chi connectivity index (χ1v) is 10.6. The number of hydrogen-bond acceptors (Lipinski definition) is 3. The van der Waals surface area contributed by atoms with E-state index in [1.54, 1.807) is 6.07 Å². The van der Waals surface area contributed by atoms with Crippen LogP contribution in [0.5, 0.6) is 0 Å². The van der Waals surface area contributed by atoms with E-state index in [0.717, 1.165) is 31.2 Å². The van der Waals surface area contributed by atoms with Crippen molar-refractivity contribution in [3.63, 3.8) is 0 Å². The number of hydrogen-bond donors (Lipinski definition) is 2. The Bertz CT molecular complexity index is 802. The summed E-state index contributed by atoms with van der Waals surface area (Å²) in [5, 5.41) is 3.14. The Labute approximate surface area is 167 Å². The molecule has 4 nitrogen and oxygen atoms in total. The Morgan fingerprint density at radius 2 is 1.89 bits per heavy atom. The maximum atomic E-state index is 14.2. The Morgan fingerprint density at radius 1 is 1.07 bits per heavy atom. The van der Waals surface area contributed by atoms with Crippen LogP contribution in [0.2, 0.25) is 0 Å². The number of rotatable bonds is 11. The molecular formula is C22H26FNO3P+. The predicted octanol–water partition coefficient (Wildman–Crippen LogP) is 4.74. The fourth-order valence-electron chi connectivity index (χ4n) is 2.69. The number of unbranched alkanes of at least 4 members (excludes halogenated alkanes) is 2. The lowest BCUT2D eigenvalue weighted by Gasteiger charge is -2.04. The van der Waals surface area contributed by atoms with Crippen LogP contribution in [0.4, 0.5) is 4.39 Å². The highest BCUT2D eigenvalue weighted by molar-refractivity contribution is 7.32. The molecule has 2 N–H and O–H groups in total. The maximum absolute atomic E-state index is 14.2. The number of aryl methyl sites for hydroxylation is 1. The number of benzene rings is 2. The summed E-state index contributed by atoms with van der Waals surface area (Å²) in [6.45, 7) is 1.36. The summed E-state index contributed by atoms with van der Waals surface area (Å²) in [4.78, 5) is 8.51. The van der Waals surface area contributed by atoms with Gasteiger partial charge in [-0.3, -0.25) is 0 Å². The Kier molecular flexibility index (Phi) is 10.4. The van der Waals surface area contributed by atoms with Crippen molar-refractivity contribution in [2.75, 3.05) is 13.2 Å². The van der Waals surface area contributed by atoms with Crippen molar-refractivity contribution in [3.8, 4) is 11.8 Å². The molecule has 0 aliphatic carbocycles. The third-order valence-electron chi connectivity index (χ3n) is 4.15. The van der Waals surface area contributed by atoms with Gasteiger partial charge < -0.3 is 5.32 Å². The van der Waals surface area contributed by atoms with Crippen LogP contribution in [0, 0.1) is 17.7 Å². The van der Waals surface area contributed by atoms with Crippen molar-refractivity contribution in [3.05, 3.63) is 71.0 Å². The molecule has 0 fully saturated rings. The van der Waals surface area contributed by atoms with Gasteiger partial charge in [-0.2, -0.15) is 0 Å². The zero-order valence-electron chi connectivity index (χ0n) is 15.9. The van der Waals surface area contributed by atoms with E-state index < -0.39 is 8.25 Å². The molecule has 0 saturated heterocycles. The monoisotopic (exact) mass is 402 g/mol. The SMILES string of the molecule is O=[P+](O)OCCCNCc1ccc(C#CCCCCc2ccccc2)c(F)c1. The molecule has 148 valence electrons. The fraction of sp³-hybridized carbons (Fsp3) is 0.364.